The number of hydrogen-bond acceptors (Lipinski definition) is 5. The molecule has 0 radical (unpaired) electrons. The summed E-state index contributed by atoms with van der Waals surface area (Å²) in [5.41, 5.74) is 1.94. The Hall–Kier alpha value is -2.56. The molecule has 7 heteroatoms. The Morgan fingerprint density at radius 2 is 2.27 bits per heavy atom. The van der Waals surface area contributed by atoms with Crippen LogP contribution in [0.15, 0.2) is 29.1 Å². The number of rotatable bonds is 4. The normalized spacial score (nSPS) is 18.8. The summed E-state index contributed by atoms with van der Waals surface area (Å²) in [5, 5.41) is 18.3. The van der Waals surface area contributed by atoms with Crippen molar-refractivity contribution in [3.8, 4) is 6.07 Å². The highest BCUT2D eigenvalue weighted by Gasteiger charge is 2.41. The molecule has 1 saturated carbocycles. The lowest BCUT2D eigenvalue weighted by atomic mass is 10.1. The van der Waals surface area contributed by atoms with Crippen LogP contribution in [0.3, 0.4) is 0 Å². The average molecular weight is 369 g/mol. The molecule has 2 heterocycles. The summed E-state index contributed by atoms with van der Waals surface area (Å²) >= 11 is 1.43. The number of nitrogens with zero attached hydrogens (tertiary/aromatic N) is 3. The first-order chi connectivity index (χ1) is 12.5. The Kier molecular flexibility index (Phi) is 4.10. The van der Waals surface area contributed by atoms with E-state index in [-0.39, 0.29) is 30.4 Å². The van der Waals surface area contributed by atoms with Crippen LogP contribution >= 0.6 is 11.3 Å². The van der Waals surface area contributed by atoms with E-state index in [4.69, 9.17) is 5.26 Å². The van der Waals surface area contributed by atoms with Crippen LogP contribution in [-0.4, -0.2) is 21.1 Å². The molecule has 26 heavy (non-hydrogen) atoms. The van der Waals surface area contributed by atoms with Crippen molar-refractivity contribution in [2.24, 2.45) is 5.92 Å². The van der Waals surface area contributed by atoms with Gasteiger partial charge in [-0.3, -0.25) is 9.20 Å². The number of benzene rings is 1. The van der Waals surface area contributed by atoms with Gasteiger partial charge in [-0.15, -0.1) is 11.3 Å². The van der Waals surface area contributed by atoms with Crippen LogP contribution in [-0.2, 0) is 6.42 Å². The third-order valence-corrected chi connectivity index (χ3v) is 5.81. The molecule has 1 fully saturated rings. The van der Waals surface area contributed by atoms with E-state index in [1.165, 1.54) is 35.6 Å². The molecule has 5 nitrogen and oxygen atoms in total. The maximum absolute atomic E-state index is 14.0. The highest BCUT2D eigenvalue weighted by Crippen LogP contribution is 2.49. The lowest BCUT2D eigenvalue weighted by molar-refractivity contribution is 0.273. The predicted octanol–water partition coefficient (Wildman–Crippen LogP) is 2.76. The number of aromatic nitrogens is 2. The zero-order chi connectivity index (χ0) is 18.4. The van der Waals surface area contributed by atoms with Crippen molar-refractivity contribution < 1.29 is 9.50 Å². The summed E-state index contributed by atoms with van der Waals surface area (Å²) < 4.78 is 15.6. The van der Waals surface area contributed by atoms with Gasteiger partial charge in [0.25, 0.3) is 5.56 Å². The Morgan fingerprint density at radius 3 is 2.96 bits per heavy atom. The van der Waals surface area contributed by atoms with Gasteiger partial charge in [-0.25, -0.2) is 9.37 Å². The Labute approximate surface area is 153 Å². The van der Waals surface area contributed by atoms with Crippen LogP contribution in [0.2, 0.25) is 0 Å². The van der Waals surface area contributed by atoms with Gasteiger partial charge in [0.2, 0.25) is 0 Å². The Balaban J connectivity index is 1.75. The number of thiazole rings is 1. The summed E-state index contributed by atoms with van der Waals surface area (Å²) in [6.07, 6.45) is 1.03. The lowest BCUT2D eigenvalue weighted by Gasteiger charge is -2.05. The second-order valence-corrected chi connectivity index (χ2v) is 7.81. The second-order valence-electron chi connectivity index (χ2n) is 6.63. The van der Waals surface area contributed by atoms with Gasteiger partial charge in [0, 0.05) is 35.6 Å². The van der Waals surface area contributed by atoms with E-state index in [0.717, 1.165) is 17.0 Å². The fourth-order valence-corrected chi connectivity index (χ4v) is 4.48. The van der Waals surface area contributed by atoms with E-state index in [2.05, 4.69) is 4.98 Å². The topological polar surface area (TPSA) is 78.4 Å². The molecule has 0 bridgehead atoms. The molecular weight excluding hydrogens is 353 g/mol. The molecule has 132 valence electrons. The number of aryl methyl sites for hydroxylation is 1. The first-order valence-corrected chi connectivity index (χ1v) is 9.14. The highest BCUT2D eigenvalue weighted by molar-refractivity contribution is 7.17. The smallest absolute Gasteiger partial charge is 0.258 e. The Bertz CT molecular complexity index is 1110. The molecule has 0 spiro atoms. The van der Waals surface area contributed by atoms with E-state index in [9.17, 15) is 14.3 Å². The van der Waals surface area contributed by atoms with Crippen molar-refractivity contribution in [2.45, 2.75) is 25.7 Å². The number of halogens is 1. The average Bonchev–Trinajstić information content (AvgIpc) is 3.31. The molecule has 2 aromatic heterocycles. The minimum atomic E-state index is -0.419. The fraction of sp³-hybridized carbons (Fsp3) is 0.316. The zero-order valence-corrected chi connectivity index (χ0v) is 14.9. The van der Waals surface area contributed by atoms with Crippen LogP contribution in [0.4, 0.5) is 4.39 Å². The summed E-state index contributed by atoms with van der Waals surface area (Å²) in [7, 11) is 0. The molecule has 1 N–H and O–H groups in total. The van der Waals surface area contributed by atoms with Gasteiger partial charge in [0.15, 0.2) is 4.96 Å². The zero-order valence-electron chi connectivity index (χ0n) is 14.1. The maximum Gasteiger partial charge on any atom is 0.258 e. The van der Waals surface area contributed by atoms with Gasteiger partial charge in [0.1, 0.15) is 5.82 Å². The second kappa shape index (κ2) is 6.31. The monoisotopic (exact) mass is 369 g/mol. The number of aliphatic hydroxyl groups is 1. The van der Waals surface area contributed by atoms with Gasteiger partial charge >= 0.3 is 0 Å². The van der Waals surface area contributed by atoms with Crippen LogP contribution < -0.4 is 5.56 Å². The first kappa shape index (κ1) is 16.9. The molecule has 1 aliphatic carbocycles. The van der Waals surface area contributed by atoms with E-state index in [1.807, 2.05) is 13.0 Å². The van der Waals surface area contributed by atoms with Crippen LogP contribution in [0.5, 0.6) is 0 Å². The quantitative estimate of drug-likeness (QED) is 0.767. The first-order valence-electron chi connectivity index (χ1n) is 8.33. The van der Waals surface area contributed by atoms with Crippen molar-refractivity contribution in [1.82, 2.24) is 9.38 Å². The van der Waals surface area contributed by atoms with Crippen molar-refractivity contribution >= 4 is 16.3 Å². The van der Waals surface area contributed by atoms with Crippen molar-refractivity contribution in [2.75, 3.05) is 6.61 Å². The maximum atomic E-state index is 14.0. The van der Waals surface area contributed by atoms with Crippen molar-refractivity contribution in [3.63, 3.8) is 0 Å². The minimum absolute atomic E-state index is 0.121. The molecule has 3 aromatic rings. The third-order valence-electron chi connectivity index (χ3n) is 4.84. The van der Waals surface area contributed by atoms with E-state index in [1.54, 1.807) is 4.40 Å². The van der Waals surface area contributed by atoms with Crippen LogP contribution in [0, 0.1) is 30.0 Å². The molecule has 1 aliphatic rings. The van der Waals surface area contributed by atoms with Gasteiger partial charge in [-0.1, -0.05) is 0 Å². The molecule has 0 unspecified atom stereocenters. The van der Waals surface area contributed by atoms with Gasteiger partial charge in [-0.05, 0) is 43.0 Å². The molecule has 2 atom stereocenters. The molecule has 1 aromatic carbocycles. The van der Waals surface area contributed by atoms with Gasteiger partial charge in [-0.2, -0.15) is 5.26 Å². The molecule has 0 saturated heterocycles. The fourth-order valence-electron chi connectivity index (χ4n) is 3.42. The number of nitriles is 1. The summed E-state index contributed by atoms with van der Waals surface area (Å²) in [4.78, 5) is 18.8. The molecule has 4 rings (SSSR count). The van der Waals surface area contributed by atoms with Gasteiger partial charge < -0.3 is 5.11 Å². The Morgan fingerprint density at radius 1 is 1.46 bits per heavy atom. The lowest BCUT2D eigenvalue weighted by Crippen LogP contribution is -2.17. The number of fused-ring (bicyclic) bond motifs is 1. The predicted molar refractivity (Wildman–Crippen MR) is 95.9 cm³/mol. The largest absolute Gasteiger partial charge is 0.396 e. The number of aliphatic hydroxyl groups excluding tert-OH is 1. The van der Waals surface area contributed by atoms with E-state index >= 15 is 0 Å². The third kappa shape index (κ3) is 2.81. The summed E-state index contributed by atoms with van der Waals surface area (Å²) in [6.45, 7) is 2.08. The SMILES string of the molecule is Cc1sc2nc(Cc3cc(C#N)ccc3F)cc(=O)n2c1[C@@H]1C[C@H]1CO. The van der Waals surface area contributed by atoms with E-state index < -0.39 is 5.82 Å². The van der Waals surface area contributed by atoms with Crippen molar-refractivity contribution in [1.29, 1.82) is 5.26 Å². The van der Waals surface area contributed by atoms with Gasteiger partial charge in [0.05, 0.1) is 17.3 Å². The van der Waals surface area contributed by atoms with E-state index in [0.29, 0.717) is 21.8 Å². The molecule has 0 aliphatic heterocycles. The van der Waals surface area contributed by atoms with Crippen LogP contribution in [0.1, 0.15) is 39.7 Å². The summed E-state index contributed by atoms with van der Waals surface area (Å²) in [5.74, 6) is -0.0115. The minimum Gasteiger partial charge on any atom is -0.396 e. The molecule has 0 amide bonds. The van der Waals surface area contributed by atoms with Crippen LogP contribution in [0.25, 0.3) is 4.96 Å². The highest BCUT2D eigenvalue weighted by atomic mass is 32.1. The summed E-state index contributed by atoms with van der Waals surface area (Å²) in [6, 6.07) is 7.59. The molecular formula is C19H16FN3O2S. The van der Waals surface area contributed by atoms with Crippen molar-refractivity contribution in [3.05, 3.63) is 67.8 Å². The standard InChI is InChI=1S/C19H16FN3O2S/c1-10-18(15-6-13(15)9-24)23-17(25)7-14(22-19(23)26-10)5-12-4-11(8-21)2-3-16(12)20/h2-4,7,13,15,24H,5-6,9H2,1H3/t13-,15+/m0/s1. The number of hydrogen-bond donors (Lipinski definition) is 1.